The van der Waals surface area contributed by atoms with Gasteiger partial charge >= 0.3 is 0 Å². The minimum Gasteiger partial charge on any atom is -0.399 e. The van der Waals surface area contributed by atoms with Gasteiger partial charge in [0.05, 0.1) is 12.6 Å². The molecule has 21 heavy (non-hydrogen) atoms. The summed E-state index contributed by atoms with van der Waals surface area (Å²) in [6, 6.07) is 7.53. The maximum absolute atomic E-state index is 12.1. The second-order valence-corrected chi connectivity index (χ2v) is 5.66. The molecule has 0 saturated heterocycles. The molecule has 114 valence electrons. The van der Waals surface area contributed by atoms with Crippen LogP contribution >= 0.6 is 0 Å². The predicted molar refractivity (Wildman–Crippen MR) is 85.7 cm³/mol. The van der Waals surface area contributed by atoms with E-state index in [1.165, 1.54) is 0 Å². The second-order valence-electron chi connectivity index (χ2n) is 5.66. The maximum Gasteiger partial charge on any atom is 0.238 e. The van der Waals surface area contributed by atoms with Crippen molar-refractivity contribution < 1.29 is 4.79 Å². The highest BCUT2D eigenvalue weighted by Crippen LogP contribution is 2.17. The molecule has 0 aromatic heterocycles. The number of carbonyl (C=O) groups is 1. The summed E-state index contributed by atoms with van der Waals surface area (Å²) in [5.74, 6) is 0.385. The Bertz CT molecular complexity index is 519. The number of aryl methyl sites for hydroxylation is 1. The van der Waals surface area contributed by atoms with Gasteiger partial charge < -0.3 is 11.1 Å². The van der Waals surface area contributed by atoms with Crippen LogP contribution in [0.3, 0.4) is 0 Å². The van der Waals surface area contributed by atoms with E-state index in [4.69, 9.17) is 11.0 Å². The van der Waals surface area contributed by atoms with Gasteiger partial charge in [-0.15, -0.1) is 0 Å². The van der Waals surface area contributed by atoms with Crippen molar-refractivity contribution in [2.75, 3.05) is 30.7 Å². The van der Waals surface area contributed by atoms with Crippen LogP contribution in [-0.2, 0) is 4.79 Å². The molecule has 5 heteroatoms. The summed E-state index contributed by atoms with van der Waals surface area (Å²) >= 11 is 0. The topological polar surface area (TPSA) is 82.2 Å². The monoisotopic (exact) mass is 288 g/mol. The van der Waals surface area contributed by atoms with E-state index < -0.39 is 0 Å². The van der Waals surface area contributed by atoms with Crippen molar-refractivity contribution in [1.29, 1.82) is 5.26 Å². The lowest BCUT2D eigenvalue weighted by Gasteiger charge is -2.22. The molecule has 0 spiro atoms. The van der Waals surface area contributed by atoms with Crippen LogP contribution in [-0.4, -0.2) is 30.4 Å². The van der Waals surface area contributed by atoms with Crippen LogP contribution in [0.2, 0.25) is 0 Å². The average Bonchev–Trinajstić information content (AvgIpc) is 2.38. The third-order valence-electron chi connectivity index (χ3n) is 3.05. The summed E-state index contributed by atoms with van der Waals surface area (Å²) in [7, 11) is 0. The summed E-state index contributed by atoms with van der Waals surface area (Å²) in [4.78, 5) is 14.1. The molecule has 0 atom stereocenters. The standard InChI is InChI=1S/C16H24N4O/c1-12(2)10-20(8-4-7-17)11-16(21)19-15-6-5-14(18)9-13(15)3/h5-6,9,12H,4,8,10-11,18H2,1-3H3,(H,19,21). The smallest absolute Gasteiger partial charge is 0.238 e. The van der Waals surface area contributed by atoms with Crippen molar-refractivity contribution >= 4 is 17.3 Å². The molecular formula is C16H24N4O. The van der Waals surface area contributed by atoms with E-state index >= 15 is 0 Å². The summed E-state index contributed by atoms with van der Waals surface area (Å²) in [5.41, 5.74) is 8.10. The fourth-order valence-corrected chi connectivity index (χ4v) is 2.18. The lowest BCUT2D eigenvalue weighted by molar-refractivity contribution is -0.117. The van der Waals surface area contributed by atoms with Gasteiger partial charge in [-0.3, -0.25) is 9.69 Å². The van der Waals surface area contributed by atoms with Gasteiger partial charge in [-0.25, -0.2) is 0 Å². The first-order chi connectivity index (χ1) is 9.92. The number of nitrogens with one attached hydrogen (secondary N) is 1. The van der Waals surface area contributed by atoms with Crippen molar-refractivity contribution in [3.63, 3.8) is 0 Å². The SMILES string of the molecule is Cc1cc(N)ccc1NC(=O)CN(CCC#N)CC(C)C. The van der Waals surface area contributed by atoms with Gasteiger partial charge in [-0.1, -0.05) is 13.8 Å². The third-order valence-corrected chi connectivity index (χ3v) is 3.05. The second kappa shape index (κ2) is 8.28. The Morgan fingerprint density at radius 2 is 2.19 bits per heavy atom. The van der Waals surface area contributed by atoms with Gasteiger partial charge in [-0.05, 0) is 36.6 Å². The normalized spacial score (nSPS) is 10.7. The van der Waals surface area contributed by atoms with Crippen molar-refractivity contribution in [2.45, 2.75) is 27.2 Å². The molecule has 0 radical (unpaired) electrons. The Hall–Kier alpha value is -2.06. The van der Waals surface area contributed by atoms with E-state index in [-0.39, 0.29) is 5.91 Å². The molecule has 5 nitrogen and oxygen atoms in total. The number of rotatable bonds is 7. The lowest BCUT2D eigenvalue weighted by Crippen LogP contribution is -2.36. The minimum absolute atomic E-state index is 0.0681. The summed E-state index contributed by atoms with van der Waals surface area (Å²) in [5, 5.41) is 11.6. The van der Waals surface area contributed by atoms with Crippen LogP contribution in [0.5, 0.6) is 0 Å². The van der Waals surface area contributed by atoms with E-state index in [1.54, 1.807) is 6.07 Å². The summed E-state index contributed by atoms with van der Waals surface area (Å²) in [6.45, 7) is 7.82. The molecule has 3 N–H and O–H groups in total. The first-order valence-electron chi connectivity index (χ1n) is 7.17. The number of hydrogen-bond acceptors (Lipinski definition) is 4. The summed E-state index contributed by atoms with van der Waals surface area (Å²) in [6.07, 6.45) is 0.431. The Morgan fingerprint density at radius 3 is 2.76 bits per heavy atom. The number of hydrogen-bond donors (Lipinski definition) is 2. The molecule has 1 aromatic rings. The van der Waals surface area contributed by atoms with Crippen LogP contribution < -0.4 is 11.1 Å². The molecule has 0 aliphatic heterocycles. The van der Waals surface area contributed by atoms with E-state index in [0.29, 0.717) is 31.1 Å². The Balaban J connectivity index is 2.62. The van der Waals surface area contributed by atoms with Gasteiger partial charge in [0.25, 0.3) is 0 Å². The Labute approximate surface area is 126 Å². The minimum atomic E-state index is -0.0681. The van der Waals surface area contributed by atoms with E-state index in [2.05, 4.69) is 25.2 Å². The van der Waals surface area contributed by atoms with Gasteiger partial charge in [0, 0.05) is 30.9 Å². The number of anilines is 2. The quantitative estimate of drug-likeness (QED) is 0.755. The third kappa shape index (κ3) is 6.28. The Kier molecular flexibility index (Phi) is 6.70. The van der Waals surface area contributed by atoms with Gasteiger partial charge in [0.1, 0.15) is 0 Å². The fraction of sp³-hybridized carbons (Fsp3) is 0.500. The number of nitrogens with two attached hydrogens (primary N) is 1. The van der Waals surface area contributed by atoms with Gasteiger partial charge in [-0.2, -0.15) is 5.26 Å². The van der Waals surface area contributed by atoms with Crippen LogP contribution in [0.1, 0.15) is 25.8 Å². The number of benzene rings is 1. The van der Waals surface area contributed by atoms with Crippen LogP contribution in [0.4, 0.5) is 11.4 Å². The lowest BCUT2D eigenvalue weighted by atomic mass is 10.1. The molecule has 0 unspecified atom stereocenters. The number of amides is 1. The van der Waals surface area contributed by atoms with Gasteiger partial charge in [0.15, 0.2) is 0 Å². The van der Waals surface area contributed by atoms with Crippen molar-refractivity contribution in [3.05, 3.63) is 23.8 Å². The van der Waals surface area contributed by atoms with Crippen LogP contribution in [0.15, 0.2) is 18.2 Å². The van der Waals surface area contributed by atoms with Crippen molar-refractivity contribution in [2.24, 2.45) is 5.92 Å². The average molecular weight is 288 g/mol. The van der Waals surface area contributed by atoms with E-state index in [0.717, 1.165) is 17.8 Å². The van der Waals surface area contributed by atoms with Crippen molar-refractivity contribution in [3.8, 4) is 6.07 Å². The number of nitrogens with zero attached hydrogens (tertiary/aromatic N) is 2. The molecule has 0 saturated carbocycles. The highest BCUT2D eigenvalue weighted by Gasteiger charge is 2.13. The van der Waals surface area contributed by atoms with Crippen molar-refractivity contribution in [1.82, 2.24) is 4.90 Å². The van der Waals surface area contributed by atoms with E-state index in [9.17, 15) is 4.79 Å². The maximum atomic E-state index is 12.1. The molecule has 0 aliphatic carbocycles. The zero-order valence-electron chi connectivity index (χ0n) is 13.0. The summed E-state index contributed by atoms with van der Waals surface area (Å²) < 4.78 is 0. The predicted octanol–water partition coefficient (Wildman–Crippen LogP) is 2.39. The molecule has 1 aromatic carbocycles. The first kappa shape index (κ1) is 17.0. The first-order valence-corrected chi connectivity index (χ1v) is 7.17. The molecule has 0 bridgehead atoms. The van der Waals surface area contributed by atoms with Crippen LogP contribution in [0.25, 0.3) is 0 Å². The van der Waals surface area contributed by atoms with Gasteiger partial charge in [0.2, 0.25) is 5.91 Å². The molecule has 1 rings (SSSR count). The number of carbonyl (C=O) groups excluding carboxylic acids is 1. The number of nitrogen functional groups attached to an aromatic ring is 1. The molecule has 0 aliphatic rings. The molecular weight excluding hydrogens is 264 g/mol. The zero-order chi connectivity index (χ0) is 15.8. The molecule has 0 fully saturated rings. The molecule has 0 heterocycles. The van der Waals surface area contributed by atoms with E-state index in [1.807, 2.05) is 24.0 Å². The highest BCUT2D eigenvalue weighted by molar-refractivity contribution is 5.93. The largest absolute Gasteiger partial charge is 0.399 e. The zero-order valence-corrected chi connectivity index (χ0v) is 13.0. The number of nitriles is 1. The molecule has 1 amide bonds. The fourth-order valence-electron chi connectivity index (χ4n) is 2.18. The highest BCUT2D eigenvalue weighted by atomic mass is 16.2. The Morgan fingerprint density at radius 1 is 1.48 bits per heavy atom. The van der Waals surface area contributed by atoms with Crippen LogP contribution in [0, 0.1) is 24.2 Å².